The normalized spacial score (nSPS) is 12.3. The molecule has 19 heavy (non-hydrogen) atoms. The maximum atomic E-state index is 6.16. The average molecular weight is 274 g/mol. The largest absolute Gasteiger partial charge is 0.378 e. The number of hydrogen-bond donors (Lipinski definition) is 1. The number of halogens is 1. The van der Waals surface area contributed by atoms with E-state index in [1.807, 2.05) is 19.1 Å². The van der Waals surface area contributed by atoms with Gasteiger partial charge in [-0.2, -0.15) is 0 Å². The maximum absolute atomic E-state index is 6.16. The van der Waals surface area contributed by atoms with E-state index in [2.05, 4.69) is 50.4 Å². The van der Waals surface area contributed by atoms with Gasteiger partial charge in [-0.05, 0) is 56.5 Å². The Morgan fingerprint density at radius 3 is 2.53 bits per heavy atom. The van der Waals surface area contributed by atoms with Gasteiger partial charge in [0, 0.05) is 16.8 Å². The molecule has 1 unspecified atom stereocenters. The van der Waals surface area contributed by atoms with E-state index in [-0.39, 0.29) is 6.04 Å². The van der Waals surface area contributed by atoms with Crippen LogP contribution in [0, 0.1) is 20.8 Å². The monoisotopic (exact) mass is 273 g/mol. The third kappa shape index (κ3) is 3.10. The van der Waals surface area contributed by atoms with Crippen molar-refractivity contribution in [2.75, 3.05) is 5.32 Å². The van der Waals surface area contributed by atoms with Gasteiger partial charge in [0.25, 0.3) is 0 Å². The van der Waals surface area contributed by atoms with Crippen LogP contribution in [0.2, 0.25) is 5.02 Å². The van der Waals surface area contributed by atoms with Crippen LogP contribution >= 0.6 is 11.6 Å². The fourth-order valence-corrected chi connectivity index (χ4v) is 2.48. The van der Waals surface area contributed by atoms with Crippen LogP contribution in [0.5, 0.6) is 0 Å². The number of benzene rings is 2. The summed E-state index contributed by atoms with van der Waals surface area (Å²) in [6, 6.07) is 12.8. The fraction of sp³-hybridized carbons (Fsp3) is 0.294. The van der Waals surface area contributed by atoms with Crippen LogP contribution in [0.3, 0.4) is 0 Å². The van der Waals surface area contributed by atoms with E-state index in [9.17, 15) is 0 Å². The lowest BCUT2D eigenvalue weighted by molar-refractivity contribution is 0.870. The van der Waals surface area contributed by atoms with Gasteiger partial charge in [0.2, 0.25) is 0 Å². The molecule has 2 heteroatoms. The van der Waals surface area contributed by atoms with Crippen LogP contribution in [0.25, 0.3) is 0 Å². The zero-order valence-corrected chi connectivity index (χ0v) is 12.7. The predicted octanol–water partition coefficient (Wildman–Crippen LogP) is 5.44. The lowest BCUT2D eigenvalue weighted by atomic mass is 9.99. The van der Waals surface area contributed by atoms with E-state index in [4.69, 9.17) is 11.6 Å². The first-order chi connectivity index (χ1) is 8.99. The summed E-state index contributed by atoms with van der Waals surface area (Å²) >= 11 is 6.16. The number of rotatable bonds is 3. The van der Waals surface area contributed by atoms with Gasteiger partial charge >= 0.3 is 0 Å². The molecule has 2 aromatic carbocycles. The van der Waals surface area contributed by atoms with Gasteiger partial charge in [-0.15, -0.1) is 0 Å². The molecule has 0 saturated heterocycles. The summed E-state index contributed by atoms with van der Waals surface area (Å²) < 4.78 is 0. The second-order valence-corrected chi connectivity index (χ2v) is 5.55. The smallest absolute Gasteiger partial charge is 0.0488 e. The summed E-state index contributed by atoms with van der Waals surface area (Å²) in [4.78, 5) is 0. The minimum atomic E-state index is 0.261. The third-order valence-corrected chi connectivity index (χ3v) is 3.95. The quantitative estimate of drug-likeness (QED) is 0.785. The molecule has 0 aromatic heterocycles. The van der Waals surface area contributed by atoms with Gasteiger partial charge < -0.3 is 5.32 Å². The van der Waals surface area contributed by atoms with Crippen LogP contribution in [-0.2, 0) is 0 Å². The zero-order valence-electron chi connectivity index (χ0n) is 11.9. The van der Waals surface area contributed by atoms with Crippen LogP contribution in [0.1, 0.15) is 35.2 Å². The molecule has 0 saturated carbocycles. The number of aryl methyl sites for hydroxylation is 2. The molecule has 1 atom stereocenters. The first kappa shape index (κ1) is 14.0. The molecule has 0 radical (unpaired) electrons. The molecule has 2 rings (SSSR count). The molecule has 0 aliphatic rings. The summed E-state index contributed by atoms with van der Waals surface area (Å²) in [5, 5.41) is 4.35. The Balaban J connectivity index is 2.28. The summed E-state index contributed by atoms with van der Waals surface area (Å²) in [5.74, 6) is 0. The molecular weight excluding hydrogens is 254 g/mol. The molecule has 1 nitrogen and oxygen atoms in total. The molecule has 100 valence electrons. The van der Waals surface area contributed by atoms with Crippen molar-refractivity contribution in [2.24, 2.45) is 0 Å². The van der Waals surface area contributed by atoms with E-state index >= 15 is 0 Å². The van der Waals surface area contributed by atoms with E-state index < -0.39 is 0 Å². The predicted molar refractivity (Wildman–Crippen MR) is 84.1 cm³/mol. The van der Waals surface area contributed by atoms with E-state index in [0.717, 1.165) is 16.3 Å². The molecule has 0 fully saturated rings. The highest BCUT2D eigenvalue weighted by molar-refractivity contribution is 6.31. The van der Waals surface area contributed by atoms with Gasteiger partial charge in [0.15, 0.2) is 0 Å². The number of anilines is 1. The molecule has 0 aliphatic heterocycles. The average Bonchev–Trinajstić information content (AvgIpc) is 2.38. The van der Waals surface area contributed by atoms with Crippen molar-refractivity contribution in [3.63, 3.8) is 0 Å². The Morgan fingerprint density at radius 2 is 1.79 bits per heavy atom. The van der Waals surface area contributed by atoms with Gasteiger partial charge in [0.1, 0.15) is 0 Å². The lowest BCUT2D eigenvalue weighted by Gasteiger charge is -2.20. The lowest BCUT2D eigenvalue weighted by Crippen LogP contribution is -2.09. The van der Waals surface area contributed by atoms with Crippen molar-refractivity contribution in [2.45, 2.75) is 33.7 Å². The molecule has 0 heterocycles. The van der Waals surface area contributed by atoms with E-state index in [0.29, 0.717) is 0 Å². The zero-order chi connectivity index (χ0) is 14.0. The SMILES string of the molecule is Cc1ccc(C)c(C(C)Nc2cccc(Cl)c2C)c1. The minimum Gasteiger partial charge on any atom is -0.378 e. The Bertz CT molecular complexity index is 590. The highest BCUT2D eigenvalue weighted by Crippen LogP contribution is 2.28. The van der Waals surface area contributed by atoms with Crippen molar-refractivity contribution in [3.05, 3.63) is 63.7 Å². The van der Waals surface area contributed by atoms with Crippen molar-refractivity contribution < 1.29 is 0 Å². The fourth-order valence-electron chi connectivity index (χ4n) is 2.30. The van der Waals surface area contributed by atoms with E-state index in [1.54, 1.807) is 0 Å². The number of hydrogen-bond acceptors (Lipinski definition) is 1. The second-order valence-electron chi connectivity index (χ2n) is 5.14. The van der Waals surface area contributed by atoms with Crippen molar-refractivity contribution in [1.29, 1.82) is 0 Å². The van der Waals surface area contributed by atoms with Crippen molar-refractivity contribution >= 4 is 17.3 Å². The van der Waals surface area contributed by atoms with Crippen molar-refractivity contribution in [1.82, 2.24) is 0 Å². The summed E-state index contributed by atoms with van der Waals surface area (Å²) in [6.45, 7) is 8.50. The van der Waals surface area contributed by atoms with Crippen molar-refractivity contribution in [3.8, 4) is 0 Å². The van der Waals surface area contributed by atoms with Crippen LogP contribution in [-0.4, -0.2) is 0 Å². The standard InChI is InChI=1S/C17H20ClN/c1-11-8-9-12(2)15(10-11)14(4)19-17-7-5-6-16(18)13(17)3/h5-10,14,19H,1-4H3. The molecule has 0 spiro atoms. The van der Waals surface area contributed by atoms with Gasteiger partial charge in [-0.3, -0.25) is 0 Å². The Kier molecular flexibility index (Phi) is 4.16. The second kappa shape index (κ2) is 5.66. The molecule has 2 aromatic rings. The van der Waals surface area contributed by atoms with Crippen LogP contribution < -0.4 is 5.32 Å². The Morgan fingerprint density at radius 1 is 1.05 bits per heavy atom. The third-order valence-electron chi connectivity index (χ3n) is 3.54. The van der Waals surface area contributed by atoms with E-state index in [1.165, 1.54) is 16.7 Å². The minimum absolute atomic E-state index is 0.261. The topological polar surface area (TPSA) is 12.0 Å². The van der Waals surface area contributed by atoms with Crippen LogP contribution in [0.15, 0.2) is 36.4 Å². The highest BCUT2D eigenvalue weighted by atomic mass is 35.5. The summed E-state index contributed by atoms with van der Waals surface area (Å²) in [5.41, 5.74) is 6.13. The highest BCUT2D eigenvalue weighted by Gasteiger charge is 2.10. The Hall–Kier alpha value is -1.47. The summed E-state index contributed by atoms with van der Waals surface area (Å²) in [6.07, 6.45) is 0. The summed E-state index contributed by atoms with van der Waals surface area (Å²) in [7, 11) is 0. The molecule has 1 N–H and O–H groups in total. The first-order valence-electron chi connectivity index (χ1n) is 6.58. The first-order valence-corrected chi connectivity index (χ1v) is 6.95. The van der Waals surface area contributed by atoms with Crippen LogP contribution in [0.4, 0.5) is 5.69 Å². The Labute approximate surface area is 120 Å². The van der Waals surface area contributed by atoms with Gasteiger partial charge in [0.05, 0.1) is 0 Å². The van der Waals surface area contributed by atoms with Gasteiger partial charge in [-0.25, -0.2) is 0 Å². The molecule has 0 amide bonds. The molecule has 0 bridgehead atoms. The molecular formula is C17H20ClN. The maximum Gasteiger partial charge on any atom is 0.0488 e. The molecule has 0 aliphatic carbocycles. The van der Waals surface area contributed by atoms with Gasteiger partial charge in [-0.1, -0.05) is 41.4 Å². The number of nitrogens with one attached hydrogen (secondary N) is 1.